The van der Waals surface area contributed by atoms with E-state index in [2.05, 4.69) is 5.32 Å². The lowest BCUT2D eigenvalue weighted by Crippen LogP contribution is -2.46. The van der Waals surface area contributed by atoms with E-state index in [0.717, 1.165) is 30.9 Å². The first kappa shape index (κ1) is 18.7. The number of nitrogens with one attached hydrogen (secondary N) is 1. The van der Waals surface area contributed by atoms with Gasteiger partial charge in [-0.3, -0.25) is 14.5 Å². The number of benzene rings is 1. The van der Waals surface area contributed by atoms with Crippen LogP contribution in [0.1, 0.15) is 39.5 Å². The molecule has 0 spiro atoms. The van der Waals surface area contributed by atoms with Crippen LogP contribution < -0.4 is 14.8 Å². The Balaban J connectivity index is 1.31. The fourth-order valence-corrected chi connectivity index (χ4v) is 3.41. The van der Waals surface area contributed by atoms with Gasteiger partial charge in [-0.25, -0.2) is 0 Å². The average molecular weight is 360 g/mol. The SMILES string of the molecule is CC1(C)CC(=O)N(CCCCNCC2COc3ccccc3O2)C(=O)C1. The highest BCUT2D eigenvalue weighted by Crippen LogP contribution is 2.32. The summed E-state index contributed by atoms with van der Waals surface area (Å²) in [5, 5.41) is 3.37. The van der Waals surface area contributed by atoms with E-state index in [0.29, 0.717) is 32.5 Å². The molecule has 0 radical (unpaired) electrons. The van der Waals surface area contributed by atoms with Gasteiger partial charge in [0.2, 0.25) is 11.8 Å². The van der Waals surface area contributed by atoms with E-state index < -0.39 is 0 Å². The number of amides is 2. The number of rotatable bonds is 7. The van der Waals surface area contributed by atoms with Crippen LogP contribution in [0.25, 0.3) is 0 Å². The zero-order valence-corrected chi connectivity index (χ0v) is 15.6. The summed E-state index contributed by atoms with van der Waals surface area (Å²) >= 11 is 0. The Morgan fingerprint density at radius 2 is 1.81 bits per heavy atom. The van der Waals surface area contributed by atoms with Crippen LogP contribution in [-0.4, -0.2) is 49.1 Å². The quantitative estimate of drug-likeness (QED) is 0.597. The summed E-state index contributed by atoms with van der Waals surface area (Å²) in [5.41, 5.74) is -0.201. The van der Waals surface area contributed by atoms with Crippen molar-refractivity contribution in [1.29, 1.82) is 0 Å². The Morgan fingerprint density at radius 3 is 2.54 bits per heavy atom. The van der Waals surface area contributed by atoms with Gasteiger partial charge in [-0.1, -0.05) is 26.0 Å². The lowest BCUT2D eigenvalue weighted by atomic mass is 9.82. The summed E-state index contributed by atoms with van der Waals surface area (Å²) in [4.78, 5) is 25.6. The summed E-state index contributed by atoms with van der Waals surface area (Å²) < 4.78 is 11.6. The molecule has 0 aliphatic carbocycles. The molecule has 0 bridgehead atoms. The third-order valence-electron chi connectivity index (χ3n) is 4.79. The maximum absolute atomic E-state index is 12.1. The molecule has 0 saturated carbocycles. The van der Waals surface area contributed by atoms with Crippen molar-refractivity contribution in [3.63, 3.8) is 0 Å². The number of carbonyl (C=O) groups is 2. The Kier molecular flexibility index (Phi) is 5.81. The highest BCUT2D eigenvalue weighted by atomic mass is 16.6. The first-order chi connectivity index (χ1) is 12.4. The molecule has 6 heteroatoms. The number of piperidine rings is 1. The molecule has 1 N–H and O–H groups in total. The standard InChI is InChI=1S/C20H28N2O4/c1-20(2)11-18(23)22(19(24)12-20)10-6-5-9-21-13-15-14-25-16-7-3-4-8-17(16)26-15/h3-4,7-8,15,21H,5-6,9-14H2,1-2H3. The molecule has 1 saturated heterocycles. The molecule has 2 heterocycles. The number of carbonyl (C=O) groups excluding carboxylic acids is 2. The van der Waals surface area contributed by atoms with Crippen LogP contribution in [0.5, 0.6) is 11.5 Å². The number of likely N-dealkylation sites (tertiary alicyclic amines) is 1. The smallest absolute Gasteiger partial charge is 0.229 e. The normalized spacial score (nSPS) is 21.8. The minimum atomic E-state index is -0.201. The Hall–Kier alpha value is -2.08. The third-order valence-corrected chi connectivity index (χ3v) is 4.79. The molecule has 1 aromatic carbocycles. The maximum Gasteiger partial charge on any atom is 0.229 e. The Labute approximate surface area is 154 Å². The van der Waals surface area contributed by atoms with Gasteiger partial charge in [-0.2, -0.15) is 0 Å². The molecule has 1 atom stereocenters. The van der Waals surface area contributed by atoms with Crippen molar-refractivity contribution in [2.24, 2.45) is 5.41 Å². The Morgan fingerprint density at radius 1 is 1.12 bits per heavy atom. The molecule has 26 heavy (non-hydrogen) atoms. The van der Waals surface area contributed by atoms with E-state index in [1.807, 2.05) is 38.1 Å². The van der Waals surface area contributed by atoms with Gasteiger partial charge in [0.25, 0.3) is 0 Å². The minimum Gasteiger partial charge on any atom is -0.486 e. The Bertz CT molecular complexity index is 639. The van der Waals surface area contributed by atoms with Crippen molar-refractivity contribution in [3.05, 3.63) is 24.3 Å². The van der Waals surface area contributed by atoms with Gasteiger partial charge in [0.15, 0.2) is 11.5 Å². The molecule has 142 valence electrons. The van der Waals surface area contributed by atoms with Crippen molar-refractivity contribution in [2.75, 3.05) is 26.2 Å². The van der Waals surface area contributed by atoms with Gasteiger partial charge < -0.3 is 14.8 Å². The number of hydrogen-bond donors (Lipinski definition) is 1. The van der Waals surface area contributed by atoms with Gasteiger partial charge in [0, 0.05) is 25.9 Å². The van der Waals surface area contributed by atoms with Gasteiger partial charge in [-0.05, 0) is 36.9 Å². The average Bonchev–Trinajstić information content (AvgIpc) is 2.58. The van der Waals surface area contributed by atoms with Crippen molar-refractivity contribution in [3.8, 4) is 11.5 Å². The van der Waals surface area contributed by atoms with Gasteiger partial charge >= 0.3 is 0 Å². The predicted molar refractivity (Wildman–Crippen MR) is 98.2 cm³/mol. The predicted octanol–water partition coefficient (Wildman–Crippen LogP) is 2.37. The second-order valence-electron chi connectivity index (χ2n) is 7.87. The molecule has 1 fully saturated rings. The molecule has 0 aromatic heterocycles. The highest BCUT2D eigenvalue weighted by molar-refractivity contribution is 5.98. The maximum atomic E-state index is 12.1. The number of nitrogens with zero attached hydrogens (tertiary/aromatic N) is 1. The van der Waals surface area contributed by atoms with E-state index in [9.17, 15) is 9.59 Å². The van der Waals surface area contributed by atoms with Crippen molar-refractivity contribution in [1.82, 2.24) is 10.2 Å². The van der Waals surface area contributed by atoms with Gasteiger partial charge in [0.1, 0.15) is 12.7 Å². The van der Waals surface area contributed by atoms with E-state index in [-0.39, 0.29) is 23.3 Å². The number of fused-ring (bicyclic) bond motifs is 1. The number of ether oxygens (including phenoxy) is 2. The van der Waals surface area contributed by atoms with Crippen LogP contribution in [0.4, 0.5) is 0 Å². The molecule has 1 unspecified atom stereocenters. The monoisotopic (exact) mass is 360 g/mol. The van der Waals surface area contributed by atoms with E-state index >= 15 is 0 Å². The molecular formula is C20H28N2O4. The molecule has 2 aliphatic heterocycles. The minimum absolute atomic E-state index is 0.00242. The van der Waals surface area contributed by atoms with E-state index in [1.165, 1.54) is 4.90 Å². The molecule has 2 aliphatic rings. The van der Waals surface area contributed by atoms with Crippen LogP contribution in [0, 0.1) is 5.41 Å². The number of unbranched alkanes of at least 4 members (excludes halogenated alkanes) is 1. The number of para-hydroxylation sites is 2. The van der Waals surface area contributed by atoms with Crippen LogP contribution in [0.15, 0.2) is 24.3 Å². The highest BCUT2D eigenvalue weighted by Gasteiger charge is 2.36. The van der Waals surface area contributed by atoms with Crippen molar-refractivity contribution >= 4 is 11.8 Å². The summed E-state index contributed by atoms with van der Waals surface area (Å²) in [5.74, 6) is 1.51. The van der Waals surface area contributed by atoms with Gasteiger partial charge in [-0.15, -0.1) is 0 Å². The fourth-order valence-electron chi connectivity index (χ4n) is 3.41. The van der Waals surface area contributed by atoms with E-state index in [4.69, 9.17) is 9.47 Å². The summed E-state index contributed by atoms with van der Waals surface area (Å²) in [6.45, 7) is 6.54. The number of imide groups is 1. The second kappa shape index (κ2) is 8.08. The first-order valence-electron chi connectivity index (χ1n) is 9.37. The largest absolute Gasteiger partial charge is 0.486 e. The zero-order valence-electron chi connectivity index (χ0n) is 15.6. The summed E-state index contributed by atoms with van der Waals surface area (Å²) in [6.07, 6.45) is 2.63. The fraction of sp³-hybridized carbons (Fsp3) is 0.600. The zero-order chi connectivity index (χ0) is 18.6. The van der Waals surface area contributed by atoms with Crippen molar-refractivity contribution in [2.45, 2.75) is 45.6 Å². The molecule has 3 rings (SSSR count). The molecular weight excluding hydrogens is 332 g/mol. The second-order valence-corrected chi connectivity index (χ2v) is 7.87. The van der Waals surface area contributed by atoms with Crippen LogP contribution in [-0.2, 0) is 9.59 Å². The summed E-state index contributed by atoms with van der Waals surface area (Å²) in [7, 11) is 0. The molecule has 2 amide bonds. The van der Waals surface area contributed by atoms with Gasteiger partial charge in [0.05, 0.1) is 0 Å². The first-order valence-corrected chi connectivity index (χ1v) is 9.37. The summed E-state index contributed by atoms with van der Waals surface area (Å²) in [6, 6.07) is 7.68. The third kappa shape index (κ3) is 4.75. The van der Waals surface area contributed by atoms with Crippen molar-refractivity contribution < 1.29 is 19.1 Å². The van der Waals surface area contributed by atoms with Crippen LogP contribution in [0.3, 0.4) is 0 Å². The van der Waals surface area contributed by atoms with Crippen LogP contribution in [0.2, 0.25) is 0 Å². The number of hydrogen-bond acceptors (Lipinski definition) is 5. The lowest BCUT2D eigenvalue weighted by Gasteiger charge is -2.34. The molecule has 1 aromatic rings. The topological polar surface area (TPSA) is 67.9 Å². The van der Waals surface area contributed by atoms with Crippen LogP contribution >= 0.6 is 0 Å². The lowest BCUT2D eigenvalue weighted by molar-refractivity contribution is -0.152. The van der Waals surface area contributed by atoms with E-state index in [1.54, 1.807) is 0 Å². The molecule has 6 nitrogen and oxygen atoms in total.